The average molecular weight is 221 g/mol. The number of carbonyl (C=O) groups excluding carboxylic acids is 1. The fourth-order valence-corrected chi connectivity index (χ4v) is 1.09. The summed E-state index contributed by atoms with van der Waals surface area (Å²) < 4.78 is 20.9. The van der Waals surface area contributed by atoms with E-state index in [1.807, 2.05) is 0 Å². The Bertz CT molecular complexity index is 297. The summed E-state index contributed by atoms with van der Waals surface area (Å²) in [6, 6.07) is 0. The molecule has 14 heavy (non-hydrogen) atoms. The first kappa shape index (κ1) is 13.1. The van der Waals surface area contributed by atoms with Crippen LogP contribution >= 0.6 is 0 Å². The van der Waals surface area contributed by atoms with Crippen molar-refractivity contribution in [2.24, 2.45) is 10.9 Å². The molecule has 0 fully saturated rings. The Hall–Kier alpha value is -0.920. The summed E-state index contributed by atoms with van der Waals surface area (Å²) in [5.41, 5.74) is 5.04. The van der Waals surface area contributed by atoms with Gasteiger partial charge in [-0.25, -0.2) is 13.6 Å². The predicted octanol–water partition coefficient (Wildman–Crippen LogP) is -1.70. The van der Waals surface area contributed by atoms with Crippen molar-refractivity contribution in [2.75, 3.05) is 18.8 Å². The van der Waals surface area contributed by atoms with Gasteiger partial charge in [-0.15, -0.1) is 0 Å². The zero-order valence-electron chi connectivity index (χ0n) is 7.77. The van der Waals surface area contributed by atoms with Crippen LogP contribution in [0, 0.1) is 0 Å². The lowest BCUT2D eigenvalue weighted by atomic mass is 10.4. The molecule has 0 radical (unpaired) electrons. The zero-order chi connectivity index (χ0) is 11.0. The highest BCUT2D eigenvalue weighted by molar-refractivity contribution is 7.89. The Morgan fingerprint density at radius 2 is 2.00 bits per heavy atom. The van der Waals surface area contributed by atoms with Gasteiger partial charge in [-0.2, -0.15) is 0 Å². The highest BCUT2D eigenvalue weighted by Gasteiger charge is 1.96. The number of primary sulfonamides is 1. The second kappa shape index (κ2) is 6.52. The molecule has 0 aromatic rings. The molecule has 0 bridgehead atoms. The molecule has 0 aliphatic carbocycles. The number of amides is 1. The number of hydrogen-bond donors (Lipinski definition) is 3. The largest absolute Gasteiger partial charge is 0.355 e. The summed E-state index contributed by atoms with van der Waals surface area (Å²) in [5.74, 6) is -0.414. The number of carbonyl (C=O) groups is 1. The molecule has 0 saturated carbocycles. The molecule has 0 aromatic heterocycles. The van der Waals surface area contributed by atoms with Gasteiger partial charge in [0.05, 0.1) is 12.3 Å². The van der Waals surface area contributed by atoms with E-state index in [0.717, 1.165) is 0 Å². The molecule has 0 rings (SSSR count). The maximum absolute atomic E-state index is 10.6. The van der Waals surface area contributed by atoms with Gasteiger partial charge in [0, 0.05) is 6.54 Å². The Balaban J connectivity index is 3.50. The molecule has 0 spiro atoms. The van der Waals surface area contributed by atoms with Crippen molar-refractivity contribution in [3.8, 4) is 0 Å². The maximum atomic E-state index is 10.6. The van der Waals surface area contributed by atoms with E-state index in [2.05, 4.69) is 5.32 Å². The fourth-order valence-electron chi connectivity index (χ4n) is 0.687. The number of sulfonamides is 1. The Morgan fingerprint density at radius 3 is 2.50 bits per heavy atom. The topological polar surface area (TPSA) is 115 Å². The number of nitrogens with two attached hydrogens (primary N) is 2. The molecular weight excluding hydrogens is 206 g/mol. The molecule has 7 heteroatoms. The summed E-state index contributed by atoms with van der Waals surface area (Å²) >= 11 is 0. The van der Waals surface area contributed by atoms with E-state index in [9.17, 15) is 13.2 Å². The smallest absolute Gasteiger partial charge is 0.233 e. The van der Waals surface area contributed by atoms with Crippen LogP contribution < -0.4 is 16.2 Å². The first-order valence-corrected chi connectivity index (χ1v) is 5.79. The highest BCUT2D eigenvalue weighted by atomic mass is 32.2. The van der Waals surface area contributed by atoms with Crippen LogP contribution in [-0.2, 0) is 14.8 Å². The monoisotopic (exact) mass is 221 g/mol. The second-order valence-electron chi connectivity index (χ2n) is 2.64. The van der Waals surface area contributed by atoms with Crippen molar-refractivity contribution in [2.45, 2.75) is 6.42 Å². The molecule has 82 valence electrons. The Kier molecular flexibility index (Phi) is 6.09. The van der Waals surface area contributed by atoms with Gasteiger partial charge >= 0.3 is 0 Å². The van der Waals surface area contributed by atoms with Crippen LogP contribution in [0.3, 0.4) is 0 Å². The molecular formula is C7H15N3O3S. The Labute approximate surface area is 83.4 Å². The predicted molar refractivity (Wildman–Crippen MR) is 53.8 cm³/mol. The first-order chi connectivity index (χ1) is 6.45. The lowest BCUT2D eigenvalue weighted by Gasteiger charge is -1.98. The molecule has 0 aliphatic rings. The van der Waals surface area contributed by atoms with Crippen molar-refractivity contribution in [1.82, 2.24) is 5.32 Å². The van der Waals surface area contributed by atoms with Crippen molar-refractivity contribution in [1.29, 1.82) is 0 Å². The summed E-state index contributed by atoms with van der Waals surface area (Å²) in [5, 5.41) is 7.29. The van der Waals surface area contributed by atoms with Gasteiger partial charge in [-0.3, -0.25) is 4.79 Å². The standard InChI is InChI=1S/C7H15N3O3S/c8-6-7(11)10-4-2-1-3-5-14(9,12)13/h1,3H,2,4-6,8H2,(H,10,11)(H2,9,12,13)/b3-1-. The molecule has 5 N–H and O–H groups in total. The van der Waals surface area contributed by atoms with E-state index < -0.39 is 10.0 Å². The fraction of sp³-hybridized carbons (Fsp3) is 0.571. The average Bonchev–Trinajstić information content (AvgIpc) is 2.08. The van der Waals surface area contributed by atoms with Gasteiger partial charge in [0.25, 0.3) is 0 Å². The van der Waals surface area contributed by atoms with Crippen molar-refractivity contribution < 1.29 is 13.2 Å². The van der Waals surface area contributed by atoms with E-state index in [1.54, 1.807) is 6.08 Å². The molecule has 0 atom stereocenters. The molecule has 0 saturated heterocycles. The third kappa shape index (κ3) is 9.17. The van der Waals surface area contributed by atoms with Crippen LogP contribution in [0.1, 0.15) is 6.42 Å². The van der Waals surface area contributed by atoms with Gasteiger partial charge in [0.1, 0.15) is 0 Å². The van der Waals surface area contributed by atoms with Gasteiger partial charge in [-0.1, -0.05) is 12.2 Å². The zero-order valence-corrected chi connectivity index (χ0v) is 8.59. The van der Waals surface area contributed by atoms with Crippen molar-refractivity contribution >= 4 is 15.9 Å². The number of hydrogen-bond acceptors (Lipinski definition) is 4. The Morgan fingerprint density at radius 1 is 1.36 bits per heavy atom. The quantitative estimate of drug-likeness (QED) is 0.366. The lowest BCUT2D eigenvalue weighted by molar-refractivity contribution is -0.119. The molecule has 0 heterocycles. The summed E-state index contributed by atoms with van der Waals surface area (Å²) in [4.78, 5) is 10.6. The summed E-state index contributed by atoms with van der Waals surface area (Å²) in [7, 11) is -3.43. The number of rotatable bonds is 6. The number of nitrogens with one attached hydrogen (secondary N) is 1. The third-order valence-corrected chi connectivity index (χ3v) is 1.97. The van der Waals surface area contributed by atoms with E-state index in [1.165, 1.54) is 6.08 Å². The summed E-state index contributed by atoms with van der Waals surface area (Å²) in [6.45, 7) is 0.401. The molecule has 1 amide bonds. The van der Waals surface area contributed by atoms with Gasteiger partial charge < -0.3 is 11.1 Å². The maximum Gasteiger partial charge on any atom is 0.233 e. The van der Waals surface area contributed by atoms with E-state index >= 15 is 0 Å². The molecule has 6 nitrogen and oxygen atoms in total. The van der Waals surface area contributed by atoms with E-state index in [0.29, 0.717) is 13.0 Å². The van der Waals surface area contributed by atoms with Crippen molar-refractivity contribution in [3.05, 3.63) is 12.2 Å². The molecule has 0 aromatic carbocycles. The molecule has 0 unspecified atom stereocenters. The minimum Gasteiger partial charge on any atom is -0.355 e. The summed E-state index contributed by atoms with van der Waals surface area (Å²) in [6.07, 6.45) is 3.65. The van der Waals surface area contributed by atoms with Crippen LogP contribution in [0.15, 0.2) is 12.2 Å². The minimum absolute atomic E-state index is 0.0408. The normalized spacial score (nSPS) is 11.9. The van der Waals surface area contributed by atoms with Gasteiger partial charge in [0.15, 0.2) is 0 Å². The second-order valence-corrected chi connectivity index (χ2v) is 4.30. The van der Waals surface area contributed by atoms with Crippen molar-refractivity contribution in [3.63, 3.8) is 0 Å². The molecule has 0 aliphatic heterocycles. The first-order valence-electron chi connectivity index (χ1n) is 4.08. The van der Waals surface area contributed by atoms with Gasteiger partial charge in [0.2, 0.25) is 15.9 Å². The van der Waals surface area contributed by atoms with E-state index in [-0.39, 0.29) is 18.2 Å². The minimum atomic E-state index is -3.43. The van der Waals surface area contributed by atoms with Crippen LogP contribution in [0.5, 0.6) is 0 Å². The van der Waals surface area contributed by atoms with Crippen LogP contribution in [0.4, 0.5) is 0 Å². The lowest BCUT2D eigenvalue weighted by Crippen LogP contribution is -2.30. The van der Waals surface area contributed by atoms with Crippen LogP contribution in [0.2, 0.25) is 0 Å². The SMILES string of the molecule is NCC(=O)NCC/C=C\CS(N)(=O)=O. The van der Waals surface area contributed by atoms with Crippen LogP contribution in [-0.4, -0.2) is 33.2 Å². The van der Waals surface area contributed by atoms with Crippen LogP contribution in [0.25, 0.3) is 0 Å². The van der Waals surface area contributed by atoms with E-state index in [4.69, 9.17) is 10.9 Å². The highest BCUT2D eigenvalue weighted by Crippen LogP contribution is 1.84. The van der Waals surface area contributed by atoms with Gasteiger partial charge in [-0.05, 0) is 6.42 Å². The third-order valence-electron chi connectivity index (χ3n) is 1.31.